The van der Waals surface area contributed by atoms with Gasteiger partial charge >= 0.3 is 12.5 Å². The van der Waals surface area contributed by atoms with E-state index in [9.17, 15) is 22.0 Å². The van der Waals surface area contributed by atoms with E-state index in [1.54, 1.807) is 18.2 Å². The monoisotopic (exact) mass is 490 g/mol. The van der Waals surface area contributed by atoms with Crippen molar-refractivity contribution in [3.8, 4) is 17.2 Å². The van der Waals surface area contributed by atoms with Gasteiger partial charge in [0, 0.05) is 24.7 Å². The fourth-order valence-electron chi connectivity index (χ4n) is 3.43. The summed E-state index contributed by atoms with van der Waals surface area (Å²) >= 11 is 5.27. The second-order valence-electron chi connectivity index (χ2n) is 7.65. The lowest BCUT2D eigenvalue weighted by atomic mass is 9.93. The van der Waals surface area contributed by atoms with Crippen molar-refractivity contribution in [1.82, 2.24) is 5.32 Å². The van der Waals surface area contributed by atoms with Crippen molar-refractivity contribution in [2.45, 2.75) is 57.2 Å². The fraction of sp³-hybridized carbons (Fsp3) is 0.409. The van der Waals surface area contributed by atoms with Crippen LogP contribution in [0.5, 0.6) is 17.2 Å². The van der Waals surface area contributed by atoms with E-state index in [2.05, 4.69) is 20.1 Å². The van der Waals surface area contributed by atoms with Gasteiger partial charge in [0.25, 0.3) is 0 Å². The van der Waals surface area contributed by atoms with E-state index in [1.165, 1.54) is 30.3 Å². The van der Waals surface area contributed by atoms with Crippen LogP contribution >= 0.6 is 12.2 Å². The summed E-state index contributed by atoms with van der Waals surface area (Å²) in [7, 11) is 0. The van der Waals surface area contributed by atoms with Crippen molar-refractivity contribution in [2.24, 2.45) is 0 Å². The topological polar surface area (TPSA) is 51.8 Å². The summed E-state index contributed by atoms with van der Waals surface area (Å²) in [5, 5.41) is 6.33. The Morgan fingerprint density at radius 3 is 2.12 bits per heavy atom. The highest BCUT2D eigenvalue weighted by molar-refractivity contribution is 7.80. The summed E-state index contributed by atoms with van der Waals surface area (Å²) in [6, 6.07) is 11.5. The molecule has 0 aliphatic heterocycles. The van der Waals surface area contributed by atoms with Crippen LogP contribution in [-0.2, 0) is 0 Å². The lowest BCUT2D eigenvalue weighted by Gasteiger charge is -2.30. The van der Waals surface area contributed by atoms with E-state index in [4.69, 9.17) is 17.0 Å². The van der Waals surface area contributed by atoms with Gasteiger partial charge in [0.15, 0.2) is 5.11 Å². The number of anilines is 1. The van der Waals surface area contributed by atoms with Gasteiger partial charge in [-0.3, -0.25) is 0 Å². The SMILES string of the molecule is CC(F)(F)Oc1ccc(OC2CCC(NC(=S)Nc3cccc(OC(F)(F)F)c3)CC2)cc1. The van der Waals surface area contributed by atoms with Crippen molar-refractivity contribution < 1.29 is 36.2 Å². The molecule has 0 saturated heterocycles. The van der Waals surface area contributed by atoms with Gasteiger partial charge in [0.05, 0.1) is 6.10 Å². The summed E-state index contributed by atoms with van der Waals surface area (Å²) in [5.41, 5.74) is 0.375. The molecule has 0 unspecified atom stereocenters. The molecule has 11 heteroatoms. The first-order valence-corrected chi connectivity index (χ1v) is 10.6. The summed E-state index contributed by atoms with van der Waals surface area (Å²) in [5.74, 6) is 0.284. The molecule has 1 fully saturated rings. The first-order valence-electron chi connectivity index (χ1n) is 10.2. The maximum absolute atomic E-state index is 12.9. The van der Waals surface area contributed by atoms with Gasteiger partial charge in [0.1, 0.15) is 17.2 Å². The van der Waals surface area contributed by atoms with Crippen LogP contribution in [0.15, 0.2) is 48.5 Å². The Balaban J connectivity index is 1.42. The summed E-state index contributed by atoms with van der Waals surface area (Å²) in [6.45, 7) is 0.671. The molecule has 0 bridgehead atoms. The van der Waals surface area contributed by atoms with E-state index >= 15 is 0 Å². The first-order chi connectivity index (χ1) is 15.4. The largest absolute Gasteiger partial charge is 0.573 e. The molecular weight excluding hydrogens is 467 g/mol. The number of benzene rings is 2. The van der Waals surface area contributed by atoms with Crippen LogP contribution in [0.3, 0.4) is 0 Å². The molecule has 0 heterocycles. The summed E-state index contributed by atoms with van der Waals surface area (Å²) in [4.78, 5) is 0. The Labute approximate surface area is 193 Å². The molecule has 3 rings (SSSR count). The predicted molar refractivity (Wildman–Crippen MR) is 117 cm³/mol. The van der Waals surface area contributed by atoms with Crippen LogP contribution in [0.2, 0.25) is 0 Å². The average molecular weight is 490 g/mol. The van der Waals surface area contributed by atoms with Crippen LogP contribution in [0.4, 0.5) is 27.6 Å². The van der Waals surface area contributed by atoms with Crippen LogP contribution in [0.25, 0.3) is 0 Å². The third-order valence-corrected chi connectivity index (χ3v) is 4.98. The van der Waals surface area contributed by atoms with Gasteiger partial charge in [-0.2, -0.15) is 8.78 Å². The number of hydrogen-bond acceptors (Lipinski definition) is 4. The molecule has 0 spiro atoms. The Hall–Kier alpha value is -2.82. The highest BCUT2D eigenvalue weighted by Crippen LogP contribution is 2.28. The number of hydrogen-bond donors (Lipinski definition) is 2. The van der Waals surface area contributed by atoms with Crippen LogP contribution < -0.4 is 24.8 Å². The van der Waals surface area contributed by atoms with Crippen LogP contribution in [-0.4, -0.2) is 29.7 Å². The quantitative estimate of drug-likeness (QED) is 0.353. The highest BCUT2D eigenvalue weighted by Gasteiger charge is 2.31. The van der Waals surface area contributed by atoms with Crippen molar-refractivity contribution in [3.63, 3.8) is 0 Å². The minimum Gasteiger partial charge on any atom is -0.490 e. The number of rotatable bonds is 7. The van der Waals surface area contributed by atoms with E-state index in [1.807, 2.05) is 0 Å². The molecule has 0 amide bonds. The molecule has 2 aromatic carbocycles. The molecule has 0 atom stereocenters. The zero-order chi connectivity index (χ0) is 24.1. The van der Waals surface area contributed by atoms with Gasteiger partial charge < -0.3 is 24.8 Å². The lowest BCUT2D eigenvalue weighted by Crippen LogP contribution is -2.41. The minimum atomic E-state index is -4.77. The number of nitrogens with one attached hydrogen (secondary N) is 2. The van der Waals surface area contributed by atoms with E-state index in [0.29, 0.717) is 23.5 Å². The molecule has 2 aromatic rings. The van der Waals surface area contributed by atoms with Crippen LogP contribution in [0, 0.1) is 0 Å². The standard InChI is InChI=1S/C22H23F5N2O3S/c1-21(23,24)31-18-11-9-17(10-12-18)30-16-7-5-14(6-8-16)28-20(33)29-15-3-2-4-19(13-15)32-22(25,26)27/h2-4,9-14,16H,5-8H2,1H3,(H2,28,29,33). The number of halogens is 5. The molecule has 1 aliphatic rings. The zero-order valence-electron chi connectivity index (χ0n) is 17.6. The molecular formula is C22H23F5N2O3S. The number of alkyl halides is 5. The molecule has 1 saturated carbocycles. The third kappa shape index (κ3) is 8.91. The van der Waals surface area contributed by atoms with E-state index in [0.717, 1.165) is 25.7 Å². The van der Waals surface area contributed by atoms with Crippen molar-refractivity contribution in [1.29, 1.82) is 0 Å². The van der Waals surface area contributed by atoms with E-state index in [-0.39, 0.29) is 23.6 Å². The van der Waals surface area contributed by atoms with Gasteiger partial charge in [-0.05, 0) is 74.3 Å². The Bertz CT molecular complexity index is 927. The lowest BCUT2D eigenvalue weighted by molar-refractivity contribution is -0.274. The Kier molecular flexibility index (Phi) is 7.83. The van der Waals surface area contributed by atoms with Crippen molar-refractivity contribution in [3.05, 3.63) is 48.5 Å². The van der Waals surface area contributed by atoms with Crippen molar-refractivity contribution in [2.75, 3.05) is 5.32 Å². The maximum atomic E-state index is 12.9. The zero-order valence-corrected chi connectivity index (χ0v) is 18.4. The minimum absolute atomic E-state index is 0.0276. The number of thiocarbonyl (C=S) groups is 1. The average Bonchev–Trinajstić information content (AvgIpc) is 2.69. The predicted octanol–water partition coefficient (Wildman–Crippen LogP) is 6.25. The molecule has 5 nitrogen and oxygen atoms in total. The van der Waals surface area contributed by atoms with Gasteiger partial charge in [-0.25, -0.2) is 0 Å². The van der Waals surface area contributed by atoms with Crippen LogP contribution in [0.1, 0.15) is 32.6 Å². The van der Waals surface area contributed by atoms with Gasteiger partial charge in [-0.1, -0.05) is 6.07 Å². The Morgan fingerprint density at radius 1 is 0.879 bits per heavy atom. The summed E-state index contributed by atoms with van der Waals surface area (Å²) in [6.07, 6.45) is -5.00. The summed E-state index contributed by atoms with van der Waals surface area (Å²) < 4.78 is 77.2. The molecule has 1 aliphatic carbocycles. The van der Waals surface area contributed by atoms with Gasteiger partial charge in [0.2, 0.25) is 0 Å². The smallest absolute Gasteiger partial charge is 0.490 e. The number of ether oxygens (including phenoxy) is 3. The normalized spacial score (nSPS) is 18.8. The van der Waals surface area contributed by atoms with E-state index < -0.39 is 12.5 Å². The molecule has 33 heavy (non-hydrogen) atoms. The third-order valence-electron chi connectivity index (χ3n) is 4.76. The fourth-order valence-corrected chi connectivity index (χ4v) is 3.72. The second-order valence-corrected chi connectivity index (χ2v) is 8.06. The second kappa shape index (κ2) is 10.4. The molecule has 180 valence electrons. The molecule has 0 aromatic heterocycles. The van der Waals surface area contributed by atoms with Gasteiger partial charge in [-0.15, -0.1) is 13.2 Å². The highest BCUT2D eigenvalue weighted by atomic mass is 32.1. The first kappa shape index (κ1) is 24.8. The molecule has 2 N–H and O–H groups in total. The van der Waals surface area contributed by atoms with Crippen molar-refractivity contribution >= 4 is 23.0 Å². The maximum Gasteiger partial charge on any atom is 0.573 e. The molecule has 0 radical (unpaired) electrons. The Morgan fingerprint density at radius 2 is 1.52 bits per heavy atom.